The van der Waals surface area contributed by atoms with Crippen molar-refractivity contribution in [2.75, 3.05) is 5.32 Å². The summed E-state index contributed by atoms with van der Waals surface area (Å²) in [5.74, 6) is -0.747. The van der Waals surface area contributed by atoms with Gasteiger partial charge in [0, 0.05) is 11.2 Å². The number of nitrogens with one attached hydrogen (secondary N) is 1. The molecular weight excluding hydrogens is 333 g/mol. The molecule has 2 N–H and O–H groups in total. The van der Waals surface area contributed by atoms with Gasteiger partial charge in [0.25, 0.3) is 0 Å². The smallest absolute Gasteiger partial charge is 0.337 e. The maximum absolute atomic E-state index is 11.0. The van der Waals surface area contributed by atoms with Crippen LogP contribution in [0, 0.1) is 0 Å². The molecule has 0 fully saturated rings. The average Bonchev–Trinajstić information content (AvgIpc) is 2.82. The van der Waals surface area contributed by atoms with Gasteiger partial charge in [-0.15, -0.1) is 0 Å². The standard InChI is InChI=1S/C13H7Cl2N3O2S/c14-6-1-2-9-10(3-6)21-13(17-9)18-11-4-7(12(19)20)8(15)5-16-11/h1-5H,(H,19,20)(H,16,17,18). The van der Waals surface area contributed by atoms with Crippen LogP contribution in [-0.4, -0.2) is 21.0 Å². The molecule has 5 nitrogen and oxygen atoms in total. The predicted molar refractivity (Wildman–Crippen MR) is 84.1 cm³/mol. The fraction of sp³-hybridized carbons (Fsp3) is 0. The van der Waals surface area contributed by atoms with Gasteiger partial charge in [-0.25, -0.2) is 14.8 Å². The third-order valence-electron chi connectivity index (χ3n) is 2.67. The third-order valence-corrected chi connectivity index (χ3v) is 4.14. The molecule has 0 aliphatic carbocycles. The summed E-state index contributed by atoms with van der Waals surface area (Å²) in [6, 6.07) is 6.76. The molecule has 0 bridgehead atoms. The SMILES string of the molecule is O=C(O)c1cc(Nc2nc3ccc(Cl)cc3s2)ncc1Cl. The molecule has 0 amide bonds. The van der Waals surface area contributed by atoms with E-state index in [2.05, 4.69) is 15.3 Å². The van der Waals surface area contributed by atoms with Crippen molar-refractivity contribution in [3.05, 3.63) is 46.1 Å². The summed E-state index contributed by atoms with van der Waals surface area (Å²) in [5, 5.41) is 13.3. The number of halogens is 2. The van der Waals surface area contributed by atoms with Crippen LogP contribution in [0.4, 0.5) is 10.9 Å². The Kier molecular flexibility index (Phi) is 3.67. The Morgan fingerprint density at radius 2 is 2.10 bits per heavy atom. The molecule has 0 saturated carbocycles. The molecule has 0 saturated heterocycles. The van der Waals surface area contributed by atoms with Gasteiger partial charge in [0.2, 0.25) is 0 Å². The van der Waals surface area contributed by atoms with E-state index >= 15 is 0 Å². The quantitative estimate of drug-likeness (QED) is 0.737. The molecule has 0 unspecified atom stereocenters. The van der Waals surface area contributed by atoms with Crippen molar-refractivity contribution >= 4 is 61.7 Å². The van der Waals surface area contributed by atoms with E-state index in [-0.39, 0.29) is 10.6 Å². The van der Waals surface area contributed by atoms with E-state index in [1.54, 1.807) is 6.07 Å². The molecule has 21 heavy (non-hydrogen) atoms. The minimum absolute atomic E-state index is 0.0154. The van der Waals surface area contributed by atoms with E-state index < -0.39 is 5.97 Å². The van der Waals surface area contributed by atoms with Crippen molar-refractivity contribution in [1.82, 2.24) is 9.97 Å². The Labute approximate surface area is 133 Å². The summed E-state index contributed by atoms with van der Waals surface area (Å²) in [5.41, 5.74) is 0.789. The van der Waals surface area contributed by atoms with Gasteiger partial charge in [-0.1, -0.05) is 34.5 Å². The first-order valence-electron chi connectivity index (χ1n) is 5.75. The van der Waals surface area contributed by atoms with Crippen molar-refractivity contribution in [2.24, 2.45) is 0 Å². The molecule has 1 aromatic carbocycles. The monoisotopic (exact) mass is 339 g/mol. The van der Waals surface area contributed by atoms with Gasteiger partial charge in [-0.3, -0.25) is 0 Å². The van der Waals surface area contributed by atoms with Crippen LogP contribution in [0.5, 0.6) is 0 Å². The largest absolute Gasteiger partial charge is 0.478 e. The number of nitrogens with zero attached hydrogens (tertiary/aromatic N) is 2. The Bertz CT molecular complexity index is 851. The first-order valence-corrected chi connectivity index (χ1v) is 7.32. The number of anilines is 2. The minimum atomic E-state index is -1.11. The maximum Gasteiger partial charge on any atom is 0.337 e. The molecule has 3 rings (SSSR count). The number of pyridine rings is 1. The number of aromatic nitrogens is 2. The summed E-state index contributed by atoms with van der Waals surface area (Å²) in [6.07, 6.45) is 1.29. The van der Waals surface area contributed by atoms with Gasteiger partial charge < -0.3 is 10.4 Å². The molecule has 0 atom stereocenters. The zero-order valence-corrected chi connectivity index (χ0v) is 12.6. The van der Waals surface area contributed by atoms with Crippen molar-refractivity contribution in [3.63, 3.8) is 0 Å². The fourth-order valence-electron chi connectivity index (χ4n) is 1.73. The number of rotatable bonds is 3. The molecule has 3 aromatic rings. The van der Waals surface area contributed by atoms with Gasteiger partial charge in [-0.05, 0) is 24.3 Å². The Balaban J connectivity index is 1.94. The van der Waals surface area contributed by atoms with Crippen LogP contribution in [0.25, 0.3) is 10.2 Å². The first kappa shape index (κ1) is 14.1. The van der Waals surface area contributed by atoms with E-state index in [0.29, 0.717) is 16.0 Å². The highest BCUT2D eigenvalue weighted by molar-refractivity contribution is 7.22. The second-order valence-corrected chi connectivity index (χ2v) is 5.98. The number of carbonyl (C=O) groups is 1. The Hall–Kier alpha value is -1.89. The van der Waals surface area contributed by atoms with Crippen LogP contribution < -0.4 is 5.32 Å². The number of carboxylic acid groups (broad SMARTS) is 1. The van der Waals surface area contributed by atoms with Crippen molar-refractivity contribution in [3.8, 4) is 0 Å². The molecule has 0 aliphatic heterocycles. The third kappa shape index (κ3) is 2.92. The van der Waals surface area contributed by atoms with Crippen LogP contribution in [0.2, 0.25) is 10.0 Å². The molecule has 0 radical (unpaired) electrons. The van der Waals surface area contributed by atoms with E-state index in [1.165, 1.54) is 23.6 Å². The van der Waals surface area contributed by atoms with Crippen LogP contribution in [0.1, 0.15) is 10.4 Å². The summed E-state index contributed by atoms with van der Waals surface area (Å²) >= 11 is 13.1. The molecule has 106 valence electrons. The lowest BCUT2D eigenvalue weighted by Gasteiger charge is -2.03. The maximum atomic E-state index is 11.0. The van der Waals surface area contributed by atoms with Gasteiger partial charge >= 0.3 is 5.97 Å². The summed E-state index contributed by atoms with van der Waals surface area (Å²) in [4.78, 5) is 19.5. The van der Waals surface area contributed by atoms with Crippen LogP contribution in [0.3, 0.4) is 0 Å². The number of hydrogen-bond donors (Lipinski definition) is 2. The average molecular weight is 340 g/mol. The van der Waals surface area contributed by atoms with Crippen LogP contribution >= 0.6 is 34.5 Å². The number of carboxylic acids is 1. The van der Waals surface area contributed by atoms with E-state index in [0.717, 1.165) is 10.2 Å². The lowest BCUT2D eigenvalue weighted by molar-refractivity contribution is 0.0697. The number of hydrogen-bond acceptors (Lipinski definition) is 5. The van der Waals surface area contributed by atoms with Crippen LogP contribution in [-0.2, 0) is 0 Å². The number of aromatic carboxylic acids is 1. The molecular formula is C13H7Cl2N3O2S. The lowest BCUT2D eigenvalue weighted by Crippen LogP contribution is -2.01. The van der Waals surface area contributed by atoms with Gasteiger partial charge in [0.05, 0.1) is 20.8 Å². The van der Waals surface area contributed by atoms with Crippen molar-refractivity contribution in [1.29, 1.82) is 0 Å². The Morgan fingerprint density at radius 1 is 1.29 bits per heavy atom. The molecule has 0 spiro atoms. The van der Waals surface area contributed by atoms with Crippen molar-refractivity contribution in [2.45, 2.75) is 0 Å². The zero-order chi connectivity index (χ0) is 15.0. The highest BCUT2D eigenvalue weighted by Crippen LogP contribution is 2.30. The van der Waals surface area contributed by atoms with Gasteiger partial charge in [-0.2, -0.15) is 0 Å². The highest BCUT2D eigenvalue weighted by atomic mass is 35.5. The fourth-order valence-corrected chi connectivity index (χ4v) is 3.07. The summed E-state index contributed by atoms with van der Waals surface area (Å²) in [6.45, 7) is 0. The van der Waals surface area contributed by atoms with Crippen molar-refractivity contribution < 1.29 is 9.90 Å². The van der Waals surface area contributed by atoms with E-state index in [9.17, 15) is 4.79 Å². The second kappa shape index (κ2) is 5.48. The normalized spacial score (nSPS) is 10.8. The molecule has 8 heteroatoms. The minimum Gasteiger partial charge on any atom is -0.478 e. The summed E-state index contributed by atoms with van der Waals surface area (Å²) < 4.78 is 0.928. The van der Waals surface area contributed by atoms with E-state index in [1.807, 2.05) is 12.1 Å². The topological polar surface area (TPSA) is 75.1 Å². The van der Waals surface area contributed by atoms with E-state index in [4.69, 9.17) is 28.3 Å². The summed E-state index contributed by atoms with van der Waals surface area (Å²) in [7, 11) is 0. The van der Waals surface area contributed by atoms with Gasteiger partial charge in [0.1, 0.15) is 5.82 Å². The number of benzene rings is 1. The second-order valence-electron chi connectivity index (χ2n) is 4.11. The van der Waals surface area contributed by atoms with Gasteiger partial charge in [0.15, 0.2) is 5.13 Å². The Morgan fingerprint density at radius 3 is 2.86 bits per heavy atom. The lowest BCUT2D eigenvalue weighted by atomic mass is 10.2. The number of thiazole rings is 1. The van der Waals surface area contributed by atoms with Crippen LogP contribution in [0.15, 0.2) is 30.5 Å². The predicted octanol–water partition coefficient (Wildman–Crippen LogP) is 4.44. The zero-order valence-electron chi connectivity index (χ0n) is 10.3. The molecule has 0 aliphatic rings. The molecule has 2 heterocycles. The number of fused-ring (bicyclic) bond motifs is 1. The highest BCUT2D eigenvalue weighted by Gasteiger charge is 2.12. The molecule has 2 aromatic heterocycles. The first-order chi connectivity index (χ1) is 10.0.